The van der Waals surface area contributed by atoms with E-state index in [-0.39, 0.29) is 11.3 Å². The summed E-state index contributed by atoms with van der Waals surface area (Å²) in [6.07, 6.45) is 0.966. The Labute approximate surface area is 179 Å². The highest BCUT2D eigenvalue weighted by Gasteiger charge is 2.44. The van der Waals surface area contributed by atoms with Gasteiger partial charge in [-0.05, 0) is 31.0 Å². The van der Waals surface area contributed by atoms with Gasteiger partial charge in [0, 0.05) is 12.2 Å². The molecule has 2 fully saturated rings. The molecule has 8 heteroatoms. The van der Waals surface area contributed by atoms with E-state index in [2.05, 4.69) is 10.8 Å². The number of fused-ring (bicyclic) bond motifs is 1. The monoisotopic (exact) mass is 425 g/mol. The third-order valence-electron chi connectivity index (χ3n) is 5.45. The Morgan fingerprint density at radius 1 is 1.10 bits per heavy atom. The largest absolute Gasteiger partial charge is 0.368 e. The van der Waals surface area contributed by atoms with E-state index in [0.29, 0.717) is 19.4 Å². The Morgan fingerprint density at radius 2 is 1.77 bits per heavy atom. The minimum absolute atomic E-state index is 0.0360. The third-order valence-corrected chi connectivity index (χ3v) is 6.94. The lowest BCUT2D eigenvalue weighted by Gasteiger charge is -2.45. The Morgan fingerprint density at radius 3 is 2.40 bits per heavy atom. The van der Waals surface area contributed by atoms with Gasteiger partial charge in [-0.15, -0.1) is 11.8 Å². The minimum Gasteiger partial charge on any atom is -0.368 e. The Balaban J connectivity index is 1.43. The van der Waals surface area contributed by atoms with E-state index in [1.54, 1.807) is 11.8 Å². The van der Waals surface area contributed by atoms with Crippen molar-refractivity contribution in [2.75, 3.05) is 11.9 Å². The molecule has 2 aliphatic heterocycles. The van der Waals surface area contributed by atoms with E-state index in [0.717, 1.165) is 11.3 Å². The zero-order chi connectivity index (χ0) is 21.1. The van der Waals surface area contributed by atoms with Crippen LogP contribution >= 0.6 is 11.8 Å². The van der Waals surface area contributed by atoms with Crippen molar-refractivity contribution in [1.29, 1.82) is 0 Å². The zero-order valence-electron chi connectivity index (χ0n) is 16.5. The number of amides is 2. The molecular formula is C22H23N3O4S. The molecule has 2 amide bonds. The van der Waals surface area contributed by atoms with Crippen LogP contribution in [0.25, 0.3) is 0 Å². The zero-order valence-corrected chi connectivity index (χ0v) is 17.4. The molecule has 2 aromatic carbocycles. The predicted octanol–water partition coefficient (Wildman–Crippen LogP) is 2.65. The van der Waals surface area contributed by atoms with Crippen molar-refractivity contribution in [2.24, 2.45) is 0 Å². The summed E-state index contributed by atoms with van der Waals surface area (Å²) in [5, 5.41) is 2.89. The van der Waals surface area contributed by atoms with Gasteiger partial charge in [-0.1, -0.05) is 48.5 Å². The van der Waals surface area contributed by atoms with Crippen LogP contribution in [0.1, 0.15) is 25.3 Å². The topological polar surface area (TPSA) is 87.7 Å². The maximum atomic E-state index is 13.1. The first-order valence-corrected chi connectivity index (χ1v) is 10.8. The van der Waals surface area contributed by atoms with Crippen LogP contribution in [0, 0.1) is 0 Å². The molecule has 2 heterocycles. The fourth-order valence-corrected chi connectivity index (χ4v) is 5.00. The number of rotatable bonds is 5. The number of anilines is 1. The average molecular weight is 426 g/mol. The summed E-state index contributed by atoms with van der Waals surface area (Å²) in [5.74, 6) is -0.854. The molecule has 0 bridgehead atoms. The highest BCUT2D eigenvalue weighted by atomic mass is 32.2. The summed E-state index contributed by atoms with van der Waals surface area (Å²) < 4.78 is 0. The smallest absolute Gasteiger partial charge is 0.345 e. The number of hydrogen-bond acceptors (Lipinski definition) is 6. The maximum absolute atomic E-state index is 13.1. The van der Waals surface area contributed by atoms with Gasteiger partial charge in [0.25, 0.3) is 5.91 Å². The predicted molar refractivity (Wildman–Crippen MR) is 114 cm³/mol. The van der Waals surface area contributed by atoms with E-state index in [9.17, 15) is 14.4 Å². The normalized spacial score (nSPS) is 22.2. The second-order valence-electron chi connectivity index (χ2n) is 7.49. The quantitative estimate of drug-likeness (QED) is 0.566. The van der Waals surface area contributed by atoms with E-state index < -0.39 is 22.7 Å². The molecule has 0 aromatic heterocycles. The number of para-hydroxylation sites is 1. The van der Waals surface area contributed by atoms with Crippen molar-refractivity contribution in [3.8, 4) is 0 Å². The fraction of sp³-hybridized carbons (Fsp3) is 0.318. The van der Waals surface area contributed by atoms with E-state index in [1.807, 2.05) is 60.7 Å². The number of β-lactam (4-membered cyclic amide) rings is 1. The van der Waals surface area contributed by atoms with Gasteiger partial charge in [0.05, 0.1) is 11.8 Å². The maximum Gasteiger partial charge on any atom is 0.345 e. The number of hydrogen-bond donors (Lipinski definition) is 2. The number of nitrogens with zero attached hydrogens (tertiary/aromatic N) is 1. The minimum atomic E-state index is -1.15. The molecule has 2 aliphatic rings. The highest BCUT2D eigenvalue weighted by molar-refractivity contribution is 8.01. The number of benzene rings is 2. The summed E-state index contributed by atoms with van der Waals surface area (Å²) in [4.78, 5) is 44.0. The van der Waals surface area contributed by atoms with Gasteiger partial charge in [-0.3, -0.25) is 9.59 Å². The molecule has 4 rings (SSSR count). The number of nitrogens with one attached hydrogen (secondary N) is 2. The first-order valence-electron chi connectivity index (χ1n) is 9.82. The van der Waals surface area contributed by atoms with Gasteiger partial charge in [-0.25, -0.2) is 4.79 Å². The second-order valence-corrected chi connectivity index (χ2v) is 8.88. The summed E-state index contributed by atoms with van der Waals surface area (Å²) in [5.41, 5.74) is 2.69. The van der Waals surface area contributed by atoms with E-state index in [4.69, 9.17) is 4.84 Å². The van der Waals surface area contributed by atoms with Gasteiger partial charge < -0.3 is 15.1 Å². The van der Waals surface area contributed by atoms with Crippen molar-refractivity contribution < 1.29 is 19.2 Å². The van der Waals surface area contributed by atoms with Gasteiger partial charge in [-0.2, -0.15) is 5.48 Å². The Hall–Kier alpha value is -3.00. The molecule has 30 heavy (non-hydrogen) atoms. The fourth-order valence-electron chi connectivity index (χ4n) is 3.61. The molecule has 0 radical (unpaired) electrons. The molecule has 7 nitrogen and oxygen atoms in total. The number of carbonyl (C=O) groups is 3. The third kappa shape index (κ3) is 4.00. The number of thioether (sulfide) groups is 1. The van der Waals surface area contributed by atoms with Gasteiger partial charge in [0.1, 0.15) is 10.8 Å². The summed E-state index contributed by atoms with van der Waals surface area (Å²) >= 11 is 1.41. The molecule has 0 saturated carbocycles. The lowest BCUT2D eigenvalue weighted by atomic mass is 9.90. The van der Waals surface area contributed by atoms with Crippen molar-refractivity contribution in [2.45, 2.75) is 35.9 Å². The van der Waals surface area contributed by atoms with Gasteiger partial charge in [0.2, 0.25) is 5.91 Å². The van der Waals surface area contributed by atoms with Crippen LogP contribution in [0.4, 0.5) is 5.69 Å². The molecule has 2 unspecified atom stereocenters. The molecule has 2 N–H and O–H groups in total. The molecule has 0 spiro atoms. The van der Waals surface area contributed by atoms with Crippen LogP contribution in [0.5, 0.6) is 0 Å². The molecule has 0 aliphatic carbocycles. The van der Waals surface area contributed by atoms with Crippen LogP contribution < -0.4 is 10.8 Å². The van der Waals surface area contributed by atoms with Gasteiger partial charge in [0.15, 0.2) is 0 Å². The Kier molecular flexibility index (Phi) is 5.67. The lowest BCUT2D eigenvalue weighted by Crippen LogP contribution is -2.56. The lowest BCUT2D eigenvalue weighted by molar-refractivity contribution is -0.160. The molecule has 3 atom stereocenters. The molecule has 2 saturated heterocycles. The highest BCUT2D eigenvalue weighted by Crippen LogP contribution is 2.38. The first kappa shape index (κ1) is 20.3. The summed E-state index contributed by atoms with van der Waals surface area (Å²) in [6.45, 7) is 2.28. The van der Waals surface area contributed by atoms with Crippen LogP contribution in [0.15, 0.2) is 60.7 Å². The number of carbonyl (C=O) groups excluding carboxylic acids is 3. The standard InChI is InChI=1S/C22H23N3O4S/c1-22(15-8-4-2-5-9-15,23-16-10-6-3-7-11-16)21(28)24-29-20(27)17-12-13-25-18(26)14-19(25)30-17/h2-11,17,19,23H,12-14H2,1H3,(H,24,28)/t17?,19-,22?/m1/s1. The number of hydroxylamine groups is 1. The second kappa shape index (κ2) is 8.39. The van der Waals surface area contributed by atoms with E-state index in [1.165, 1.54) is 11.8 Å². The van der Waals surface area contributed by atoms with Gasteiger partial charge >= 0.3 is 5.97 Å². The van der Waals surface area contributed by atoms with Crippen molar-refractivity contribution in [3.05, 3.63) is 66.2 Å². The van der Waals surface area contributed by atoms with Crippen LogP contribution in [-0.4, -0.2) is 39.9 Å². The van der Waals surface area contributed by atoms with Crippen LogP contribution in [-0.2, 0) is 24.8 Å². The SMILES string of the molecule is CC(Nc1ccccc1)(C(=O)NOC(=O)C1CCN2C(=O)C[C@H]2S1)c1ccccc1. The molecule has 156 valence electrons. The Bertz CT molecular complexity index is 940. The van der Waals surface area contributed by atoms with Crippen molar-refractivity contribution in [1.82, 2.24) is 10.4 Å². The van der Waals surface area contributed by atoms with Crippen LogP contribution in [0.2, 0.25) is 0 Å². The van der Waals surface area contributed by atoms with Crippen molar-refractivity contribution in [3.63, 3.8) is 0 Å². The summed E-state index contributed by atoms with van der Waals surface area (Å²) in [7, 11) is 0. The first-order chi connectivity index (χ1) is 14.5. The van der Waals surface area contributed by atoms with Crippen molar-refractivity contribution >= 4 is 35.2 Å². The summed E-state index contributed by atoms with van der Waals surface area (Å²) in [6, 6.07) is 18.6. The molecular weight excluding hydrogens is 402 g/mol. The average Bonchev–Trinajstić information content (AvgIpc) is 2.77. The van der Waals surface area contributed by atoms with E-state index >= 15 is 0 Å². The van der Waals surface area contributed by atoms with Crippen LogP contribution in [0.3, 0.4) is 0 Å². The molecule has 2 aromatic rings.